The Morgan fingerprint density at radius 3 is 2.37 bits per heavy atom. The quantitative estimate of drug-likeness (QED) is 0.387. The van der Waals surface area contributed by atoms with Crippen LogP contribution in [-0.2, 0) is 10.8 Å². The van der Waals surface area contributed by atoms with Gasteiger partial charge in [0.1, 0.15) is 0 Å². The Kier molecular flexibility index (Phi) is 9.54. The monoisotopic (exact) mass is 506 g/mol. The number of aliphatic imine (C=N–C) groups is 1. The van der Waals surface area contributed by atoms with Gasteiger partial charge >= 0.3 is 0 Å². The van der Waals surface area contributed by atoms with E-state index in [0.29, 0.717) is 12.3 Å². The molecule has 27 heavy (non-hydrogen) atoms. The van der Waals surface area contributed by atoms with E-state index in [1.807, 2.05) is 27.8 Å². The molecular formula is C20H35IN4OS. The number of piperazine rings is 1. The number of hydrogen-bond donors (Lipinski definition) is 1. The van der Waals surface area contributed by atoms with Crippen molar-refractivity contribution in [3.63, 3.8) is 0 Å². The van der Waals surface area contributed by atoms with E-state index in [-0.39, 0.29) is 28.7 Å². The van der Waals surface area contributed by atoms with Gasteiger partial charge in [-0.1, -0.05) is 12.1 Å². The standard InChI is InChI=1S/C20H34N4OS.HI/c1-16-8-7-9-18(17(16)2)23-11-13-24(14-12-23)19(21-6)22-10-15-26(25)20(3,4)5;/h7-9H,10-15H2,1-6H3,(H,21,22);1H. The number of guanidine groups is 1. The molecule has 5 nitrogen and oxygen atoms in total. The third-order valence-electron chi connectivity index (χ3n) is 4.96. The Balaban J connectivity index is 0.00000364. The minimum Gasteiger partial charge on any atom is -0.368 e. The van der Waals surface area contributed by atoms with Crippen LogP contribution in [0, 0.1) is 13.8 Å². The summed E-state index contributed by atoms with van der Waals surface area (Å²) in [5.74, 6) is 1.56. The number of benzene rings is 1. The summed E-state index contributed by atoms with van der Waals surface area (Å²) in [5, 5.41) is 3.38. The van der Waals surface area contributed by atoms with Crippen molar-refractivity contribution in [1.29, 1.82) is 0 Å². The first-order chi connectivity index (χ1) is 12.2. The van der Waals surface area contributed by atoms with Crippen LogP contribution in [0.5, 0.6) is 0 Å². The zero-order valence-corrected chi connectivity index (χ0v) is 20.7. The van der Waals surface area contributed by atoms with E-state index in [1.54, 1.807) is 0 Å². The Hall–Kier alpha value is -0.830. The van der Waals surface area contributed by atoms with Crippen LogP contribution in [-0.4, -0.2) is 65.3 Å². The summed E-state index contributed by atoms with van der Waals surface area (Å²) in [6.07, 6.45) is 0. The van der Waals surface area contributed by atoms with Gasteiger partial charge in [0, 0.05) is 66.8 Å². The second-order valence-electron chi connectivity index (χ2n) is 7.83. The lowest BCUT2D eigenvalue weighted by Crippen LogP contribution is -2.53. The Labute approximate surface area is 184 Å². The fourth-order valence-electron chi connectivity index (χ4n) is 3.13. The number of nitrogens with zero attached hydrogens (tertiary/aromatic N) is 3. The van der Waals surface area contributed by atoms with Crippen LogP contribution in [0.2, 0.25) is 0 Å². The molecule has 0 amide bonds. The minimum atomic E-state index is -0.840. The summed E-state index contributed by atoms with van der Waals surface area (Å²) in [4.78, 5) is 9.17. The summed E-state index contributed by atoms with van der Waals surface area (Å²) in [5.41, 5.74) is 4.05. The Morgan fingerprint density at radius 1 is 1.19 bits per heavy atom. The van der Waals surface area contributed by atoms with Gasteiger partial charge in [-0.25, -0.2) is 0 Å². The molecule has 1 fully saturated rings. The van der Waals surface area contributed by atoms with Crippen LogP contribution in [0.25, 0.3) is 0 Å². The number of halogens is 1. The molecule has 1 N–H and O–H groups in total. The molecule has 1 aromatic rings. The highest BCUT2D eigenvalue weighted by Gasteiger charge is 2.22. The highest BCUT2D eigenvalue weighted by atomic mass is 127. The predicted octanol–water partition coefficient (Wildman–Crippen LogP) is 3.17. The zero-order chi connectivity index (χ0) is 19.3. The van der Waals surface area contributed by atoms with E-state index in [1.165, 1.54) is 16.8 Å². The van der Waals surface area contributed by atoms with Crippen molar-refractivity contribution in [1.82, 2.24) is 10.2 Å². The number of anilines is 1. The molecule has 7 heteroatoms. The van der Waals surface area contributed by atoms with Crippen LogP contribution >= 0.6 is 24.0 Å². The fourth-order valence-corrected chi connectivity index (χ4v) is 4.03. The van der Waals surface area contributed by atoms with Crippen molar-refractivity contribution in [2.75, 3.05) is 50.4 Å². The highest BCUT2D eigenvalue weighted by molar-refractivity contribution is 14.0. The van der Waals surface area contributed by atoms with Crippen molar-refractivity contribution in [3.05, 3.63) is 29.3 Å². The lowest BCUT2D eigenvalue weighted by atomic mass is 10.1. The summed E-state index contributed by atoms with van der Waals surface area (Å²) in [6, 6.07) is 6.52. The van der Waals surface area contributed by atoms with Gasteiger partial charge in [-0.15, -0.1) is 24.0 Å². The number of rotatable bonds is 4. The van der Waals surface area contributed by atoms with Crippen LogP contribution in [0.4, 0.5) is 5.69 Å². The van der Waals surface area contributed by atoms with Crippen molar-refractivity contribution in [2.45, 2.75) is 39.4 Å². The van der Waals surface area contributed by atoms with Gasteiger partial charge in [0.25, 0.3) is 0 Å². The molecule has 2 rings (SSSR count). The summed E-state index contributed by atoms with van der Waals surface area (Å²) in [7, 11) is 0.979. The molecule has 154 valence electrons. The lowest BCUT2D eigenvalue weighted by molar-refractivity contribution is 0.373. The predicted molar refractivity (Wildman–Crippen MR) is 129 cm³/mol. The molecule has 1 aliphatic heterocycles. The fraction of sp³-hybridized carbons (Fsp3) is 0.650. The molecule has 1 unspecified atom stereocenters. The molecule has 0 spiro atoms. The molecule has 0 aliphatic carbocycles. The molecule has 0 aromatic heterocycles. The third-order valence-corrected chi connectivity index (χ3v) is 6.90. The van der Waals surface area contributed by atoms with Gasteiger partial charge in [-0.2, -0.15) is 0 Å². The molecule has 1 heterocycles. The van der Waals surface area contributed by atoms with E-state index < -0.39 is 10.8 Å². The summed E-state index contributed by atoms with van der Waals surface area (Å²) >= 11 is 0. The number of aryl methyl sites for hydroxylation is 1. The molecule has 1 atom stereocenters. The van der Waals surface area contributed by atoms with Gasteiger partial charge in [-0.05, 0) is 51.8 Å². The average molecular weight is 506 g/mol. The van der Waals surface area contributed by atoms with Crippen LogP contribution < -0.4 is 10.2 Å². The molecule has 0 saturated carbocycles. The largest absolute Gasteiger partial charge is 0.368 e. The Bertz CT molecular complexity index is 664. The van der Waals surface area contributed by atoms with E-state index >= 15 is 0 Å². The molecule has 1 saturated heterocycles. The van der Waals surface area contributed by atoms with Gasteiger partial charge in [0.15, 0.2) is 5.96 Å². The first kappa shape index (κ1) is 24.2. The second kappa shape index (κ2) is 10.6. The van der Waals surface area contributed by atoms with E-state index in [4.69, 9.17) is 0 Å². The van der Waals surface area contributed by atoms with Crippen LogP contribution in [0.3, 0.4) is 0 Å². The van der Waals surface area contributed by atoms with Crippen LogP contribution in [0.15, 0.2) is 23.2 Å². The third kappa shape index (κ3) is 6.62. The second-order valence-corrected chi connectivity index (χ2v) is 10.2. The first-order valence-electron chi connectivity index (χ1n) is 9.39. The summed E-state index contributed by atoms with van der Waals surface area (Å²) in [6.45, 7) is 15.0. The van der Waals surface area contributed by atoms with Crippen LogP contribution in [0.1, 0.15) is 31.9 Å². The van der Waals surface area contributed by atoms with Gasteiger partial charge < -0.3 is 15.1 Å². The van der Waals surface area contributed by atoms with Crippen molar-refractivity contribution in [3.8, 4) is 0 Å². The van der Waals surface area contributed by atoms with Gasteiger partial charge in [0.2, 0.25) is 0 Å². The maximum absolute atomic E-state index is 12.2. The number of nitrogens with one attached hydrogen (secondary N) is 1. The molecule has 0 radical (unpaired) electrons. The van der Waals surface area contributed by atoms with E-state index in [9.17, 15) is 4.21 Å². The maximum Gasteiger partial charge on any atom is 0.193 e. The summed E-state index contributed by atoms with van der Waals surface area (Å²) < 4.78 is 12.0. The van der Waals surface area contributed by atoms with E-state index in [0.717, 1.165) is 32.1 Å². The van der Waals surface area contributed by atoms with Gasteiger partial charge in [0.05, 0.1) is 0 Å². The molecule has 1 aromatic carbocycles. The molecular weight excluding hydrogens is 471 g/mol. The normalized spacial score (nSPS) is 16.7. The van der Waals surface area contributed by atoms with Gasteiger partial charge in [-0.3, -0.25) is 9.20 Å². The SMILES string of the molecule is CN=C(NCCS(=O)C(C)(C)C)N1CCN(c2cccc(C)c2C)CC1.I. The maximum atomic E-state index is 12.2. The Morgan fingerprint density at radius 2 is 1.81 bits per heavy atom. The smallest absolute Gasteiger partial charge is 0.193 e. The minimum absolute atomic E-state index is 0. The topological polar surface area (TPSA) is 47.9 Å². The lowest BCUT2D eigenvalue weighted by Gasteiger charge is -2.38. The molecule has 1 aliphatic rings. The van der Waals surface area contributed by atoms with Crippen molar-refractivity contribution < 1.29 is 4.21 Å². The average Bonchev–Trinajstić information content (AvgIpc) is 2.60. The highest BCUT2D eigenvalue weighted by Crippen LogP contribution is 2.23. The van der Waals surface area contributed by atoms with Crippen molar-refractivity contribution in [2.24, 2.45) is 4.99 Å². The van der Waals surface area contributed by atoms with Crippen molar-refractivity contribution >= 4 is 46.4 Å². The molecule has 0 bridgehead atoms. The van der Waals surface area contributed by atoms with E-state index in [2.05, 4.69) is 52.2 Å². The first-order valence-corrected chi connectivity index (χ1v) is 10.7. The zero-order valence-electron chi connectivity index (χ0n) is 17.5. The number of hydrogen-bond acceptors (Lipinski definition) is 3.